The van der Waals surface area contributed by atoms with E-state index >= 15 is 0 Å². The normalized spacial score (nSPS) is 10.6. The molecule has 0 unspecified atom stereocenters. The molecule has 128 valence electrons. The average molecular weight is 352 g/mol. The number of thiazole rings is 1. The van der Waals surface area contributed by atoms with Crippen LogP contribution in [0.3, 0.4) is 0 Å². The van der Waals surface area contributed by atoms with Gasteiger partial charge in [0.1, 0.15) is 5.75 Å². The quantitative estimate of drug-likeness (QED) is 0.719. The summed E-state index contributed by atoms with van der Waals surface area (Å²) in [6.45, 7) is 5.95. The number of hydrogen-bond donors (Lipinski definition) is 1. The van der Waals surface area contributed by atoms with Gasteiger partial charge in [0.2, 0.25) is 0 Å². The van der Waals surface area contributed by atoms with Gasteiger partial charge in [0.05, 0.1) is 12.8 Å². The van der Waals surface area contributed by atoms with Crippen LogP contribution in [-0.4, -0.2) is 18.0 Å². The number of nitrogens with one attached hydrogen (secondary N) is 1. The highest BCUT2D eigenvalue weighted by atomic mass is 32.1. The van der Waals surface area contributed by atoms with Crippen LogP contribution in [0.1, 0.15) is 27.0 Å². The number of benzene rings is 2. The first kappa shape index (κ1) is 17.2. The maximum absolute atomic E-state index is 12.5. The van der Waals surface area contributed by atoms with Crippen molar-refractivity contribution in [3.8, 4) is 17.0 Å². The first-order valence-corrected chi connectivity index (χ1v) is 8.85. The highest BCUT2D eigenvalue weighted by Gasteiger charge is 2.12. The predicted molar refractivity (Wildman–Crippen MR) is 103 cm³/mol. The lowest BCUT2D eigenvalue weighted by atomic mass is 10.1. The molecule has 1 heterocycles. The summed E-state index contributed by atoms with van der Waals surface area (Å²) in [4.78, 5) is 17.0. The SMILES string of the molecule is COc1ccc(-c2csc(NC(=O)c3ccc(C)cc3C)n2)cc1C. The third kappa shape index (κ3) is 3.72. The van der Waals surface area contributed by atoms with Crippen molar-refractivity contribution in [1.29, 1.82) is 0 Å². The molecule has 4 nitrogen and oxygen atoms in total. The van der Waals surface area contributed by atoms with Crippen molar-refractivity contribution in [1.82, 2.24) is 4.98 Å². The molecule has 3 aromatic rings. The molecule has 0 aliphatic rings. The first-order valence-electron chi connectivity index (χ1n) is 7.97. The number of nitrogens with zero attached hydrogens (tertiary/aromatic N) is 1. The number of ether oxygens (including phenoxy) is 1. The van der Waals surface area contributed by atoms with E-state index in [2.05, 4.69) is 10.3 Å². The van der Waals surface area contributed by atoms with E-state index in [0.717, 1.165) is 33.7 Å². The summed E-state index contributed by atoms with van der Waals surface area (Å²) in [5.41, 5.74) is 5.66. The summed E-state index contributed by atoms with van der Waals surface area (Å²) >= 11 is 1.42. The van der Waals surface area contributed by atoms with Crippen LogP contribution in [0.2, 0.25) is 0 Å². The van der Waals surface area contributed by atoms with Crippen molar-refractivity contribution in [3.05, 3.63) is 64.0 Å². The second-order valence-electron chi connectivity index (χ2n) is 5.99. The molecule has 0 saturated heterocycles. The second-order valence-corrected chi connectivity index (χ2v) is 6.85. The lowest BCUT2D eigenvalue weighted by molar-refractivity contribution is 0.102. The fraction of sp³-hybridized carbons (Fsp3) is 0.200. The van der Waals surface area contributed by atoms with Crippen LogP contribution in [0, 0.1) is 20.8 Å². The van der Waals surface area contributed by atoms with E-state index in [0.29, 0.717) is 10.7 Å². The molecular weight excluding hydrogens is 332 g/mol. The number of rotatable bonds is 4. The topological polar surface area (TPSA) is 51.2 Å². The van der Waals surface area contributed by atoms with E-state index in [-0.39, 0.29) is 5.91 Å². The molecule has 0 aliphatic carbocycles. The van der Waals surface area contributed by atoms with Crippen LogP contribution in [0.15, 0.2) is 41.8 Å². The zero-order valence-electron chi connectivity index (χ0n) is 14.7. The minimum atomic E-state index is -0.135. The lowest BCUT2D eigenvalue weighted by Crippen LogP contribution is -2.13. The zero-order chi connectivity index (χ0) is 18.0. The van der Waals surface area contributed by atoms with Crippen molar-refractivity contribution in [2.24, 2.45) is 0 Å². The number of aryl methyl sites for hydroxylation is 3. The van der Waals surface area contributed by atoms with Gasteiger partial charge in [-0.05, 0) is 56.2 Å². The maximum atomic E-state index is 12.5. The Labute approximate surface area is 151 Å². The summed E-state index contributed by atoms with van der Waals surface area (Å²) in [7, 11) is 1.66. The molecule has 1 aromatic heterocycles. The van der Waals surface area contributed by atoms with Gasteiger partial charge >= 0.3 is 0 Å². The number of aromatic nitrogens is 1. The zero-order valence-corrected chi connectivity index (χ0v) is 15.5. The van der Waals surface area contributed by atoms with Crippen LogP contribution in [-0.2, 0) is 0 Å². The molecule has 0 atom stereocenters. The Morgan fingerprint density at radius 3 is 2.56 bits per heavy atom. The minimum absolute atomic E-state index is 0.135. The van der Waals surface area contributed by atoms with Crippen LogP contribution < -0.4 is 10.1 Å². The maximum Gasteiger partial charge on any atom is 0.257 e. The molecule has 5 heteroatoms. The molecule has 0 fully saturated rings. The summed E-state index contributed by atoms with van der Waals surface area (Å²) in [5, 5.41) is 5.42. The van der Waals surface area contributed by atoms with Gasteiger partial charge in [0.25, 0.3) is 5.91 Å². The van der Waals surface area contributed by atoms with Gasteiger partial charge in [-0.2, -0.15) is 0 Å². The molecule has 1 amide bonds. The Hall–Kier alpha value is -2.66. The van der Waals surface area contributed by atoms with E-state index in [1.54, 1.807) is 7.11 Å². The Balaban J connectivity index is 1.79. The monoisotopic (exact) mass is 352 g/mol. The molecule has 0 radical (unpaired) electrons. The Bertz CT molecular complexity index is 931. The number of carbonyl (C=O) groups is 1. The first-order chi connectivity index (χ1) is 12.0. The van der Waals surface area contributed by atoms with Crippen molar-refractivity contribution >= 4 is 22.4 Å². The third-order valence-corrected chi connectivity index (χ3v) is 4.80. The van der Waals surface area contributed by atoms with Gasteiger partial charge in [-0.1, -0.05) is 17.7 Å². The molecule has 0 spiro atoms. The van der Waals surface area contributed by atoms with Gasteiger partial charge < -0.3 is 4.74 Å². The summed E-state index contributed by atoms with van der Waals surface area (Å²) < 4.78 is 5.29. The van der Waals surface area contributed by atoms with Crippen LogP contribution in [0.5, 0.6) is 5.75 Å². The summed E-state index contributed by atoms with van der Waals surface area (Å²) in [6.07, 6.45) is 0. The van der Waals surface area contributed by atoms with Crippen molar-refractivity contribution < 1.29 is 9.53 Å². The third-order valence-electron chi connectivity index (χ3n) is 4.04. The van der Waals surface area contributed by atoms with E-state index < -0.39 is 0 Å². The fourth-order valence-corrected chi connectivity index (χ4v) is 3.45. The molecule has 1 N–H and O–H groups in total. The largest absolute Gasteiger partial charge is 0.496 e. The smallest absolute Gasteiger partial charge is 0.257 e. The Kier molecular flexibility index (Phi) is 4.86. The van der Waals surface area contributed by atoms with Crippen molar-refractivity contribution in [3.63, 3.8) is 0 Å². The van der Waals surface area contributed by atoms with Gasteiger partial charge in [0, 0.05) is 16.5 Å². The van der Waals surface area contributed by atoms with Gasteiger partial charge in [0.15, 0.2) is 5.13 Å². The van der Waals surface area contributed by atoms with E-state index in [4.69, 9.17) is 4.74 Å². The van der Waals surface area contributed by atoms with Crippen LogP contribution in [0.25, 0.3) is 11.3 Å². The predicted octanol–water partition coefficient (Wildman–Crippen LogP) is 5.00. The molecule has 0 bridgehead atoms. The van der Waals surface area contributed by atoms with Crippen LogP contribution in [0.4, 0.5) is 5.13 Å². The number of carbonyl (C=O) groups excluding carboxylic acids is 1. The Morgan fingerprint density at radius 1 is 1.08 bits per heavy atom. The number of hydrogen-bond acceptors (Lipinski definition) is 4. The van der Waals surface area contributed by atoms with Crippen LogP contribution >= 0.6 is 11.3 Å². The van der Waals surface area contributed by atoms with Crippen molar-refractivity contribution in [2.75, 3.05) is 12.4 Å². The van der Waals surface area contributed by atoms with Crippen molar-refractivity contribution in [2.45, 2.75) is 20.8 Å². The molecule has 2 aromatic carbocycles. The lowest BCUT2D eigenvalue weighted by Gasteiger charge is -2.06. The van der Waals surface area contributed by atoms with Gasteiger partial charge in [-0.15, -0.1) is 11.3 Å². The number of amides is 1. The standard InChI is InChI=1S/C20H20N2O2S/c1-12-5-7-16(13(2)9-12)19(23)22-20-21-17(11-25-20)15-6-8-18(24-4)14(3)10-15/h5-11H,1-4H3,(H,21,22,23). The van der Waals surface area contributed by atoms with E-state index in [9.17, 15) is 4.79 Å². The molecule has 0 saturated carbocycles. The number of anilines is 1. The summed E-state index contributed by atoms with van der Waals surface area (Å²) in [6, 6.07) is 11.7. The Morgan fingerprint density at radius 2 is 1.88 bits per heavy atom. The average Bonchev–Trinajstić information content (AvgIpc) is 3.03. The highest BCUT2D eigenvalue weighted by Crippen LogP contribution is 2.29. The molecule has 25 heavy (non-hydrogen) atoms. The van der Waals surface area contributed by atoms with Gasteiger partial charge in [-0.3, -0.25) is 10.1 Å². The second kappa shape index (κ2) is 7.07. The number of methoxy groups -OCH3 is 1. The minimum Gasteiger partial charge on any atom is -0.496 e. The molecular formula is C20H20N2O2S. The fourth-order valence-electron chi connectivity index (χ4n) is 2.73. The van der Waals surface area contributed by atoms with E-state index in [1.807, 2.05) is 62.5 Å². The summed E-state index contributed by atoms with van der Waals surface area (Å²) in [5.74, 6) is 0.715. The molecule has 0 aliphatic heterocycles. The van der Waals surface area contributed by atoms with E-state index in [1.165, 1.54) is 11.3 Å². The molecule has 3 rings (SSSR count). The highest BCUT2D eigenvalue weighted by molar-refractivity contribution is 7.14. The van der Waals surface area contributed by atoms with Gasteiger partial charge in [-0.25, -0.2) is 4.98 Å².